The molecule has 0 saturated carbocycles. The second-order valence-electron chi connectivity index (χ2n) is 5.86. The minimum atomic E-state index is 0.372. The molecule has 1 aliphatic heterocycles. The van der Waals surface area contributed by atoms with Crippen molar-refractivity contribution in [1.29, 1.82) is 0 Å². The molecule has 3 rings (SSSR count). The smallest absolute Gasteiger partial charge is 0.0765 e. The van der Waals surface area contributed by atoms with Crippen molar-refractivity contribution in [3.63, 3.8) is 0 Å². The van der Waals surface area contributed by atoms with Crippen molar-refractivity contribution in [3.05, 3.63) is 48.0 Å². The van der Waals surface area contributed by atoms with E-state index in [9.17, 15) is 0 Å². The van der Waals surface area contributed by atoms with Crippen LogP contribution in [0, 0.1) is 0 Å². The molecule has 1 fully saturated rings. The fourth-order valence-corrected chi connectivity index (χ4v) is 2.79. The van der Waals surface area contributed by atoms with Gasteiger partial charge in [-0.1, -0.05) is 6.07 Å². The van der Waals surface area contributed by atoms with Gasteiger partial charge in [-0.15, -0.1) is 0 Å². The van der Waals surface area contributed by atoms with Crippen LogP contribution in [0.15, 0.2) is 36.8 Å². The lowest BCUT2D eigenvalue weighted by molar-refractivity contribution is 0.151. The normalized spacial score (nSPS) is 20.0. The highest BCUT2D eigenvalue weighted by atomic mass is 15.3. The molecule has 1 atom stereocenters. The standard InChI is InChI=1S/C16H23N5/c1-13(2)21-8-5-15(19-21)12-20-9-7-18-11-16(20)14-4-3-6-17-10-14/h3-6,8,10,13,16,18H,7,9,11-12H2,1-2H3. The molecule has 1 N–H and O–H groups in total. The number of nitrogens with zero attached hydrogens (tertiary/aromatic N) is 4. The Hall–Kier alpha value is -1.72. The molecule has 5 nitrogen and oxygen atoms in total. The molecule has 2 aromatic rings. The zero-order valence-corrected chi connectivity index (χ0v) is 12.7. The lowest BCUT2D eigenvalue weighted by Crippen LogP contribution is -2.45. The first-order valence-corrected chi connectivity index (χ1v) is 7.63. The van der Waals surface area contributed by atoms with E-state index in [0.717, 1.165) is 31.9 Å². The zero-order chi connectivity index (χ0) is 14.7. The maximum absolute atomic E-state index is 4.67. The molecule has 1 unspecified atom stereocenters. The molecule has 2 aromatic heterocycles. The molecule has 0 aromatic carbocycles. The van der Waals surface area contributed by atoms with Gasteiger partial charge in [0.15, 0.2) is 0 Å². The summed E-state index contributed by atoms with van der Waals surface area (Å²) in [6, 6.07) is 7.08. The van der Waals surface area contributed by atoms with Crippen molar-refractivity contribution < 1.29 is 0 Å². The molecule has 21 heavy (non-hydrogen) atoms. The molecule has 3 heterocycles. The summed E-state index contributed by atoms with van der Waals surface area (Å²) in [5.41, 5.74) is 2.41. The van der Waals surface area contributed by atoms with Gasteiger partial charge in [-0.3, -0.25) is 14.6 Å². The minimum Gasteiger partial charge on any atom is -0.314 e. The largest absolute Gasteiger partial charge is 0.314 e. The zero-order valence-electron chi connectivity index (χ0n) is 12.7. The van der Waals surface area contributed by atoms with Gasteiger partial charge in [0.1, 0.15) is 0 Å². The molecule has 0 amide bonds. The highest BCUT2D eigenvalue weighted by molar-refractivity contribution is 5.16. The van der Waals surface area contributed by atoms with Gasteiger partial charge < -0.3 is 5.32 Å². The van der Waals surface area contributed by atoms with Crippen molar-refractivity contribution in [3.8, 4) is 0 Å². The van der Waals surface area contributed by atoms with E-state index in [1.165, 1.54) is 5.56 Å². The Morgan fingerprint density at radius 3 is 3.00 bits per heavy atom. The van der Waals surface area contributed by atoms with E-state index < -0.39 is 0 Å². The number of nitrogens with one attached hydrogen (secondary N) is 1. The molecule has 112 valence electrons. The lowest BCUT2D eigenvalue weighted by Gasteiger charge is -2.35. The van der Waals surface area contributed by atoms with Gasteiger partial charge >= 0.3 is 0 Å². The van der Waals surface area contributed by atoms with Crippen molar-refractivity contribution >= 4 is 0 Å². The van der Waals surface area contributed by atoms with E-state index >= 15 is 0 Å². The van der Waals surface area contributed by atoms with Crippen LogP contribution in [0.4, 0.5) is 0 Å². The topological polar surface area (TPSA) is 46.0 Å². The molecular formula is C16H23N5. The van der Waals surface area contributed by atoms with E-state index in [4.69, 9.17) is 0 Å². The number of piperazine rings is 1. The highest BCUT2D eigenvalue weighted by Crippen LogP contribution is 2.23. The van der Waals surface area contributed by atoms with Gasteiger partial charge in [0, 0.05) is 56.9 Å². The number of hydrogen-bond donors (Lipinski definition) is 1. The van der Waals surface area contributed by atoms with Gasteiger partial charge in [-0.25, -0.2) is 0 Å². The van der Waals surface area contributed by atoms with Gasteiger partial charge in [0.25, 0.3) is 0 Å². The maximum Gasteiger partial charge on any atom is 0.0765 e. The Labute approximate surface area is 126 Å². The fraction of sp³-hybridized carbons (Fsp3) is 0.500. The molecule has 0 bridgehead atoms. The first-order chi connectivity index (χ1) is 10.2. The summed E-state index contributed by atoms with van der Waals surface area (Å²) in [6.45, 7) is 8.23. The van der Waals surface area contributed by atoms with Crippen LogP contribution < -0.4 is 5.32 Å². The van der Waals surface area contributed by atoms with E-state index in [1.54, 1.807) is 0 Å². The summed E-state index contributed by atoms with van der Waals surface area (Å²) in [5.74, 6) is 0. The summed E-state index contributed by atoms with van der Waals surface area (Å²) in [5, 5.41) is 8.15. The van der Waals surface area contributed by atoms with Crippen molar-refractivity contribution in [2.75, 3.05) is 19.6 Å². The van der Waals surface area contributed by atoms with Crippen LogP contribution in [0.1, 0.15) is 37.2 Å². The molecule has 0 aliphatic carbocycles. The first kappa shape index (κ1) is 14.2. The third-order valence-electron chi connectivity index (χ3n) is 3.98. The van der Waals surface area contributed by atoms with Crippen LogP contribution >= 0.6 is 0 Å². The summed E-state index contributed by atoms with van der Waals surface area (Å²) in [4.78, 5) is 6.74. The van der Waals surface area contributed by atoms with Crippen molar-refractivity contribution in [1.82, 2.24) is 25.0 Å². The second kappa shape index (κ2) is 6.37. The van der Waals surface area contributed by atoms with Crippen LogP contribution in [-0.2, 0) is 6.54 Å². The van der Waals surface area contributed by atoms with Gasteiger partial charge in [-0.2, -0.15) is 5.10 Å². The number of rotatable bonds is 4. The van der Waals surface area contributed by atoms with Crippen LogP contribution in [0.25, 0.3) is 0 Å². The molecule has 0 radical (unpaired) electrons. The Balaban J connectivity index is 1.75. The monoisotopic (exact) mass is 285 g/mol. The molecular weight excluding hydrogens is 262 g/mol. The van der Waals surface area contributed by atoms with E-state index in [2.05, 4.69) is 52.5 Å². The third-order valence-corrected chi connectivity index (χ3v) is 3.98. The van der Waals surface area contributed by atoms with Crippen LogP contribution in [0.5, 0.6) is 0 Å². The van der Waals surface area contributed by atoms with E-state index in [-0.39, 0.29) is 0 Å². The Bertz CT molecular complexity index is 563. The number of hydrogen-bond acceptors (Lipinski definition) is 4. The molecule has 1 aliphatic rings. The third kappa shape index (κ3) is 3.31. The summed E-state index contributed by atoms with van der Waals surface area (Å²) < 4.78 is 2.02. The number of aromatic nitrogens is 3. The summed E-state index contributed by atoms with van der Waals surface area (Å²) >= 11 is 0. The van der Waals surface area contributed by atoms with Crippen LogP contribution in [-0.4, -0.2) is 39.3 Å². The average Bonchev–Trinajstić information content (AvgIpc) is 2.98. The van der Waals surface area contributed by atoms with Crippen LogP contribution in [0.2, 0.25) is 0 Å². The SMILES string of the molecule is CC(C)n1ccc(CN2CCNCC2c2cccnc2)n1. The number of pyridine rings is 1. The van der Waals surface area contributed by atoms with E-state index in [1.807, 2.05) is 23.1 Å². The lowest BCUT2D eigenvalue weighted by atomic mass is 10.1. The summed E-state index contributed by atoms with van der Waals surface area (Å²) in [7, 11) is 0. The molecule has 5 heteroatoms. The van der Waals surface area contributed by atoms with Crippen LogP contribution in [0.3, 0.4) is 0 Å². The van der Waals surface area contributed by atoms with Gasteiger partial charge in [-0.05, 0) is 31.5 Å². The molecule has 1 saturated heterocycles. The Morgan fingerprint density at radius 2 is 2.29 bits per heavy atom. The van der Waals surface area contributed by atoms with Crippen molar-refractivity contribution in [2.24, 2.45) is 0 Å². The molecule has 0 spiro atoms. The Morgan fingerprint density at radius 1 is 1.38 bits per heavy atom. The van der Waals surface area contributed by atoms with Gasteiger partial charge in [0.2, 0.25) is 0 Å². The first-order valence-electron chi connectivity index (χ1n) is 7.63. The average molecular weight is 285 g/mol. The fourth-order valence-electron chi connectivity index (χ4n) is 2.79. The highest BCUT2D eigenvalue weighted by Gasteiger charge is 2.24. The minimum absolute atomic E-state index is 0.372. The Kier molecular flexibility index (Phi) is 4.31. The van der Waals surface area contributed by atoms with E-state index in [0.29, 0.717) is 12.1 Å². The second-order valence-corrected chi connectivity index (χ2v) is 5.86. The predicted octanol–water partition coefficient (Wildman–Crippen LogP) is 2.01. The quantitative estimate of drug-likeness (QED) is 0.933. The predicted molar refractivity (Wildman–Crippen MR) is 82.9 cm³/mol. The van der Waals surface area contributed by atoms with Gasteiger partial charge in [0.05, 0.1) is 5.69 Å². The van der Waals surface area contributed by atoms with Crippen molar-refractivity contribution in [2.45, 2.75) is 32.5 Å². The maximum atomic E-state index is 4.67. The summed E-state index contributed by atoms with van der Waals surface area (Å²) in [6.07, 6.45) is 5.87.